The van der Waals surface area contributed by atoms with Crippen LogP contribution in [0, 0.1) is 12.7 Å². The van der Waals surface area contributed by atoms with Gasteiger partial charge in [0, 0.05) is 5.56 Å². The van der Waals surface area contributed by atoms with Gasteiger partial charge in [0.05, 0.1) is 19.8 Å². The first-order valence-electron chi connectivity index (χ1n) is 5.06. The zero-order valence-electron chi connectivity index (χ0n) is 10.2. The zero-order valence-corrected chi connectivity index (χ0v) is 10.2. The van der Waals surface area contributed by atoms with Gasteiger partial charge in [0.1, 0.15) is 5.82 Å². The summed E-state index contributed by atoms with van der Waals surface area (Å²) in [4.78, 5) is 22.6. The van der Waals surface area contributed by atoms with Gasteiger partial charge >= 0.3 is 11.9 Å². The number of halogens is 1. The maximum absolute atomic E-state index is 13.6. The topological polar surface area (TPSA) is 72.8 Å². The molecule has 0 radical (unpaired) electrons. The highest BCUT2D eigenvalue weighted by molar-refractivity contribution is 5.91. The van der Waals surface area contributed by atoms with Gasteiger partial charge in [-0.15, -0.1) is 0 Å². The molecule has 5 nitrogen and oxygen atoms in total. The monoisotopic (exact) mass is 256 g/mol. The van der Waals surface area contributed by atoms with Crippen molar-refractivity contribution in [3.05, 3.63) is 34.6 Å². The standard InChI is InChI=1S/C12H13FO5/c1-6-4-9(13)8(10(14)12(16)18-3)5-7(6)11(15)17-2/h4-5,10,14H,1-3H3. The Morgan fingerprint density at radius 2 is 1.89 bits per heavy atom. The van der Waals surface area contributed by atoms with E-state index in [4.69, 9.17) is 0 Å². The van der Waals surface area contributed by atoms with E-state index in [1.54, 1.807) is 0 Å². The Morgan fingerprint density at radius 3 is 2.39 bits per heavy atom. The fourth-order valence-electron chi connectivity index (χ4n) is 1.47. The number of aliphatic hydroxyl groups excluding tert-OH is 1. The van der Waals surface area contributed by atoms with Crippen molar-refractivity contribution in [2.24, 2.45) is 0 Å². The third-order valence-electron chi connectivity index (χ3n) is 2.47. The molecule has 0 aliphatic carbocycles. The van der Waals surface area contributed by atoms with Crippen LogP contribution in [0.5, 0.6) is 0 Å². The lowest BCUT2D eigenvalue weighted by Crippen LogP contribution is -2.16. The second-order valence-corrected chi connectivity index (χ2v) is 3.61. The van der Waals surface area contributed by atoms with Crippen molar-refractivity contribution < 1.29 is 28.6 Å². The van der Waals surface area contributed by atoms with Gasteiger partial charge in [0.25, 0.3) is 0 Å². The van der Waals surface area contributed by atoms with Crippen molar-refractivity contribution in [3.63, 3.8) is 0 Å². The first-order valence-corrected chi connectivity index (χ1v) is 5.06. The van der Waals surface area contributed by atoms with Crippen LogP contribution in [-0.2, 0) is 14.3 Å². The van der Waals surface area contributed by atoms with Crippen molar-refractivity contribution >= 4 is 11.9 Å². The van der Waals surface area contributed by atoms with E-state index in [1.165, 1.54) is 14.0 Å². The first-order chi connectivity index (χ1) is 8.42. The molecule has 18 heavy (non-hydrogen) atoms. The third-order valence-corrected chi connectivity index (χ3v) is 2.47. The van der Waals surface area contributed by atoms with Crippen LogP contribution in [0.1, 0.15) is 27.6 Å². The first kappa shape index (κ1) is 14.1. The minimum Gasteiger partial charge on any atom is -0.467 e. The summed E-state index contributed by atoms with van der Waals surface area (Å²) in [5.41, 5.74) is 0.102. The number of carbonyl (C=O) groups excluding carboxylic acids is 2. The van der Waals surface area contributed by atoms with E-state index in [0.717, 1.165) is 19.2 Å². The van der Waals surface area contributed by atoms with E-state index in [2.05, 4.69) is 9.47 Å². The van der Waals surface area contributed by atoms with Crippen molar-refractivity contribution in [2.75, 3.05) is 14.2 Å². The second kappa shape index (κ2) is 5.59. The summed E-state index contributed by atoms with van der Waals surface area (Å²) < 4.78 is 22.5. The predicted octanol–water partition coefficient (Wildman–Crippen LogP) is 1.13. The van der Waals surface area contributed by atoms with Gasteiger partial charge < -0.3 is 14.6 Å². The van der Waals surface area contributed by atoms with E-state index < -0.39 is 23.9 Å². The summed E-state index contributed by atoms with van der Waals surface area (Å²) >= 11 is 0. The number of carbonyl (C=O) groups is 2. The predicted molar refractivity (Wildman–Crippen MR) is 59.5 cm³/mol. The lowest BCUT2D eigenvalue weighted by atomic mass is 10.0. The number of esters is 2. The third kappa shape index (κ3) is 2.65. The maximum Gasteiger partial charge on any atom is 0.339 e. The van der Waals surface area contributed by atoms with Crippen LogP contribution in [0.25, 0.3) is 0 Å². The Morgan fingerprint density at radius 1 is 1.28 bits per heavy atom. The van der Waals surface area contributed by atoms with Crippen LogP contribution in [-0.4, -0.2) is 31.3 Å². The molecule has 1 unspecified atom stereocenters. The molecule has 0 saturated carbocycles. The molecule has 0 fully saturated rings. The van der Waals surface area contributed by atoms with Crippen LogP contribution in [0.2, 0.25) is 0 Å². The molecule has 1 aromatic rings. The van der Waals surface area contributed by atoms with E-state index in [9.17, 15) is 19.1 Å². The summed E-state index contributed by atoms with van der Waals surface area (Å²) in [6.45, 7) is 1.52. The van der Waals surface area contributed by atoms with Gasteiger partial charge in [-0.1, -0.05) is 0 Å². The Bertz CT molecular complexity index is 484. The lowest BCUT2D eigenvalue weighted by molar-refractivity contribution is -0.150. The van der Waals surface area contributed by atoms with Crippen molar-refractivity contribution in [2.45, 2.75) is 13.0 Å². The van der Waals surface area contributed by atoms with Gasteiger partial charge in [0.2, 0.25) is 0 Å². The largest absolute Gasteiger partial charge is 0.467 e. The lowest BCUT2D eigenvalue weighted by Gasteiger charge is -2.12. The molecule has 0 bridgehead atoms. The van der Waals surface area contributed by atoms with Gasteiger partial charge in [-0.2, -0.15) is 0 Å². The summed E-state index contributed by atoms with van der Waals surface area (Å²) in [6, 6.07) is 2.13. The number of aryl methyl sites for hydroxylation is 1. The molecule has 6 heteroatoms. The summed E-state index contributed by atoms with van der Waals surface area (Å²) in [5, 5.41) is 9.57. The van der Waals surface area contributed by atoms with Crippen LogP contribution in [0.3, 0.4) is 0 Å². The fourth-order valence-corrected chi connectivity index (χ4v) is 1.47. The van der Waals surface area contributed by atoms with E-state index in [1.807, 2.05) is 0 Å². The number of rotatable bonds is 3. The van der Waals surface area contributed by atoms with Gasteiger partial charge in [0.15, 0.2) is 6.10 Å². The Labute approximate surface area is 103 Å². The number of methoxy groups -OCH3 is 2. The van der Waals surface area contributed by atoms with Gasteiger partial charge in [-0.05, 0) is 24.6 Å². The molecule has 0 heterocycles. The summed E-state index contributed by atoms with van der Waals surface area (Å²) in [6.07, 6.45) is -1.78. The molecule has 0 saturated heterocycles. The maximum atomic E-state index is 13.6. The van der Waals surface area contributed by atoms with Gasteiger partial charge in [-0.3, -0.25) is 0 Å². The molecule has 0 amide bonds. The van der Waals surface area contributed by atoms with Crippen molar-refractivity contribution in [1.29, 1.82) is 0 Å². The fraction of sp³-hybridized carbons (Fsp3) is 0.333. The average molecular weight is 256 g/mol. The Balaban J connectivity index is 3.29. The number of benzene rings is 1. The van der Waals surface area contributed by atoms with Crippen LogP contribution in [0.4, 0.5) is 4.39 Å². The van der Waals surface area contributed by atoms with E-state index >= 15 is 0 Å². The smallest absolute Gasteiger partial charge is 0.339 e. The molecule has 1 atom stereocenters. The molecule has 1 aromatic carbocycles. The molecule has 0 aliphatic heterocycles. The molecule has 0 aromatic heterocycles. The zero-order chi connectivity index (χ0) is 13.9. The number of ether oxygens (including phenoxy) is 2. The normalized spacial score (nSPS) is 11.8. The van der Waals surface area contributed by atoms with Crippen LogP contribution in [0.15, 0.2) is 12.1 Å². The molecule has 1 rings (SSSR count). The van der Waals surface area contributed by atoms with Crippen LogP contribution >= 0.6 is 0 Å². The van der Waals surface area contributed by atoms with Gasteiger partial charge in [-0.25, -0.2) is 14.0 Å². The SMILES string of the molecule is COC(=O)c1cc(C(O)C(=O)OC)c(F)cc1C. The molecular formula is C12H13FO5. The number of aliphatic hydroxyl groups is 1. The Hall–Kier alpha value is -1.95. The minimum absolute atomic E-state index is 0.0804. The molecule has 98 valence electrons. The highest BCUT2D eigenvalue weighted by atomic mass is 19.1. The summed E-state index contributed by atoms with van der Waals surface area (Å²) in [5.74, 6) is -2.47. The summed E-state index contributed by atoms with van der Waals surface area (Å²) in [7, 11) is 2.25. The van der Waals surface area contributed by atoms with Crippen molar-refractivity contribution in [1.82, 2.24) is 0 Å². The highest BCUT2D eigenvalue weighted by Gasteiger charge is 2.24. The quantitative estimate of drug-likeness (QED) is 0.820. The molecule has 0 spiro atoms. The molecular weight excluding hydrogens is 243 g/mol. The minimum atomic E-state index is -1.78. The Kier molecular flexibility index (Phi) is 4.38. The second-order valence-electron chi connectivity index (χ2n) is 3.61. The highest BCUT2D eigenvalue weighted by Crippen LogP contribution is 2.23. The molecule has 1 N–H and O–H groups in total. The number of hydrogen-bond acceptors (Lipinski definition) is 5. The molecule has 0 aliphatic rings. The van der Waals surface area contributed by atoms with E-state index in [0.29, 0.717) is 5.56 Å². The number of hydrogen-bond donors (Lipinski definition) is 1. The van der Waals surface area contributed by atoms with Crippen LogP contribution < -0.4 is 0 Å². The van der Waals surface area contributed by atoms with E-state index in [-0.39, 0.29) is 11.1 Å². The average Bonchev–Trinajstić information content (AvgIpc) is 2.36. The van der Waals surface area contributed by atoms with Crippen molar-refractivity contribution in [3.8, 4) is 0 Å².